The summed E-state index contributed by atoms with van der Waals surface area (Å²) in [5.74, 6) is 0.199. The first-order chi connectivity index (χ1) is 14.6. The van der Waals surface area contributed by atoms with E-state index in [4.69, 9.17) is 9.47 Å². The van der Waals surface area contributed by atoms with Gasteiger partial charge in [-0.15, -0.1) is 0 Å². The van der Waals surface area contributed by atoms with Crippen molar-refractivity contribution < 1.29 is 19.1 Å². The third-order valence-electron chi connectivity index (χ3n) is 4.94. The topological polar surface area (TPSA) is 76.7 Å². The molecule has 0 fully saturated rings. The van der Waals surface area contributed by atoms with Crippen molar-refractivity contribution >= 4 is 12.0 Å². The maximum Gasteiger partial charge on any atom is 0.338 e. The van der Waals surface area contributed by atoms with Gasteiger partial charge in [-0.05, 0) is 25.0 Å². The fourth-order valence-electron chi connectivity index (χ4n) is 3.36. The molecule has 6 nitrogen and oxygen atoms in total. The zero-order valence-electron chi connectivity index (χ0n) is 17.4. The van der Waals surface area contributed by atoms with E-state index in [0.29, 0.717) is 30.0 Å². The first-order valence-corrected chi connectivity index (χ1v) is 10.3. The van der Waals surface area contributed by atoms with E-state index in [0.717, 1.165) is 24.0 Å². The quantitative estimate of drug-likeness (QED) is 0.480. The van der Waals surface area contributed by atoms with Crippen molar-refractivity contribution in [2.45, 2.75) is 39.2 Å². The number of hydrogen-bond donors (Lipinski definition) is 2. The van der Waals surface area contributed by atoms with Crippen molar-refractivity contribution in [2.75, 3.05) is 13.2 Å². The Balaban J connectivity index is 1.78. The van der Waals surface area contributed by atoms with Crippen LogP contribution in [0, 0.1) is 0 Å². The summed E-state index contributed by atoms with van der Waals surface area (Å²) in [5, 5.41) is 5.52. The van der Waals surface area contributed by atoms with Crippen molar-refractivity contribution in [3.05, 3.63) is 77.0 Å². The van der Waals surface area contributed by atoms with Crippen molar-refractivity contribution in [1.82, 2.24) is 10.6 Å². The van der Waals surface area contributed by atoms with Crippen LogP contribution in [0.15, 0.2) is 65.9 Å². The molecule has 1 aliphatic heterocycles. The Morgan fingerprint density at radius 1 is 1.03 bits per heavy atom. The number of amides is 2. The van der Waals surface area contributed by atoms with E-state index in [2.05, 4.69) is 17.6 Å². The number of para-hydroxylation sites is 1. The molecule has 0 bridgehead atoms. The van der Waals surface area contributed by atoms with Crippen LogP contribution in [0.4, 0.5) is 4.79 Å². The minimum Gasteiger partial charge on any atom is -0.493 e. The van der Waals surface area contributed by atoms with Gasteiger partial charge in [0.25, 0.3) is 0 Å². The molecule has 2 aromatic carbocycles. The van der Waals surface area contributed by atoms with Gasteiger partial charge in [-0.25, -0.2) is 9.59 Å². The second kappa shape index (κ2) is 10.5. The number of nitrogens with one attached hydrogen (secondary N) is 2. The fourth-order valence-corrected chi connectivity index (χ4v) is 3.36. The maximum absolute atomic E-state index is 12.9. The van der Waals surface area contributed by atoms with Crippen molar-refractivity contribution in [3.63, 3.8) is 0 Å². The zero-order valence-corrected chi connectivity index (χ0v) is 17.4. The number of carbonyl (C=O) groups excluding carboxylic acids is 2. The molecule has 6 heteroatoms. The molecule has 30 heavy (non-hydrogen) atoms. The van der Waals surface area contributed by atoms with Gasteiger partial charge < -0.3 is 20.1 Å². The molecule has 0 spiro atoms. The smallest absolute Gasteiger partial charge is 0.338 e. The Morgan fingerprint density at radius 3 is 2.53 bits per heavy atom. The Labute approximate surface area is 177 Å². The molecule has 2 amide bonds. The summed E-state index contributed by atoms with van der Waals surface area (Å²) >= 11 is 0. The second-order valence-corrected chi connectivity index (χ2v) is 7.18. The second-order valence-electron chi connectivity index (χ2n) is 7.18. The van der Waals surface area contributed by atoms with Gasteiger partial charge in [0.1, 0.15) is 5.75 Å². The fraction of sp³-hybridized carbons (Fsp3) is 0.333. The summed E-state index contributed by atoms with van der Waals surface area (Å²) in [6, 6.07) is 16.3. The first kappa shape index (κ1) is 21.4. The van der Waals surface area contributed by atoms with Gasteiger partial charge in [0, 0.05) is 17.7 Å². The van der Waals surface area contributed by atoms with Crippen molar-refractivity contribution in [3.8, 4) is 5.75 Å². The molecule has 1 atom stereocenters. The highest BCUT2D eigenvalue weighted by Gasteiger charge is 2.33. The van der Waals surface area contributed by atoms with Gasteiger partial charge in [0.15, 0.2) is 0 Å². The van der Waals surface area contributed by atoms with E-state index in [1.807, 2.05) is 54.6 Å². The normalized spacial score (nSPS) is 15.9. The van der Waals surface area contributed by atoms with E-state index in [-0.39, 0.29) is 12.6 Å². The molecule has 3 rings (SSSR count). The summed E-state index contributed by atoms with van der Waals surface area (Å²) in [5.41, 5.74) is 2.70. The molecule has 1 aliphatic rings. The van der Waals surface area contributed by atoms with Crippen LogP contribution < -0.4 is 15.4 Å². The first-order valence-electron chi connectivity index (χ1n) is 10.3. The summed E-state index contributed by atoms with van der Waals surface area (Å²) in [4.78, 5) is 25.1. The van der Waals surface area contributed by atoms with Gasteiger partial charge in [0.05, 0.1) is 24.8 Å². The standard InChI is InChI=1S/C24H28N2O4/c1-3-4-15-29-20-13-9-8-12-19(20)22-21(17(2)25-24(28)26-22)23(27)30-16-14-18-10-6-5-7-11-18/h5-13,22H,3-4,14-16H2,1-2H3,(H2,25,26,28)/t22-/m1/s1. The van der Waals surface area contributed by atoms with Gasteiger partial charge in [-0.1, -0.05) is 61.9 Å². The van der Waals surface area contributed by atoms with Gasteiger partial charge in [-0.3, -0.25) is 0 Å². The largest absolute Gasteiger partial charge is 0.493 e. The predicted molar refractivity (Wildman–Crippen MR) is 115 cm³/mol. The maximum atomic E-state index is 12.9. The lowest BCUT2D eigenvalue weighted by atomic mass is 9.95. The molecular formula is C24H28N2O4. The van der Waals surface area contributed by atoms with Gasteiger partial charge in [0.2, 0.25) is 0 Å². The van der Waals surface area contributed by atoms with Crippen molar-refractivity contribution in [2.24, 2.45) is 0 Å². The number of esters is 1. The third-order valence-corrected chi connectivity index (χ3v) is 4.94. The molecule has 2 N–H and O–H groups in total. The number of allylic oxidation sites excluding steroid dienone is 1. The molecule has 0 aromatic heterocycles. The van der Waals surface area contributed by atoms with Crippen LogP contribution in [-0.2, 0) is 16.0 Å². The van der Waals surface area contributed by atoms with Crippen LogP contribution in [0.3, 0.4) is 0 Å². The lowest BCUT2D eigenvalue weighted by Gasteiger charge is -2.29. The van der Waals surface area contributed by atoms with E-state index < -0.39 is 12.0 Å². The Morgan fingerprint density at radius 2 is 1.77 bits per heavy atom. The Hall–Kier alpha value is -3.28. The zero-order chi connectivity index (χ0) is 21.3. The minimum atomic E-state index is -0.638. The van der Waals surface area contributed by atoms with Crippen LogP contribution in [-0.4, -0.2) is 25.2 Å². The number of hydrogen-bond acceptors (Lipinski definition) is 4. The van der Waals surface area contributed by atoms with Crippen LogP contribution in [0.1, 0.15) is 43.9 Å². The molecule has 0 saturated heterocycles. The average molecular weight is 408 g/mol. The summed E-state index contributed by atoms with van der Waals surface area (Å²) < 4.78 is 11.5. The number of urea groups is 1. The molecule has 0 unspecified atom stereocenters. The number of benzene rings is 2. The van der Waals surface area contributed by atoms with Crippen LogP contribution in [0.25, 0.3) is 0 Å². The van der Waals surface area contributed by atoms with Gasteiger partial charge >= 0.3 is 12.0 Å². The highest BCUT2D eigenvalue weighted by molar-refractivity contribution is 5.95. The number of unbranched alkanes of at least 4 members (excludes halogenated alkanes) is 1. The number of ether oxygens (including phenoxy) is 2. The Kier molecular flexibility index (Phi) is 7.49. The lowest BCUT2D eigenvalue weighted by molar-refractivity contribution is -0.139. The van der Waals surface area contributed by atoms with Crippen LogP contribution in [0.5, 0.6) is 5.75 Å². The Bertz CT molecular complexity index is 908. The molecule has 2 aromatic rings. The summed E-state index contributed by atoms with van der Waals surface area (Å²) in [6.45, 7) is 4.64. The molecule has 0 aliphatic carbocycles. The minimum absolute atomic E-state index is 0.259. The lowest BCUT2D eigenvalue weighted by Crippen LogP contribution is -2.45. The molecule has 0 saturated carbocycles. The highest BCUT2D eigenvalue weighted by atomic mass is 16.5. The number of carbonyl (C=O) groups is 2. The van der Waals surface area contributed by atoms with Crippen LogP contribution in [0.2, 0.25) is 0 Å². The monoisotopic (exact) mass is 408 g/mol. The highest BCUT2D eigenvalue weighted by Crippen LogP contribution is 2.33. The molecule has 0 radical (unpaired) electrons. The van der Waals surface area contributed by atoms with E-state index in [9.17, 15) is 9.59 Å². The average Bonchev–Trinajstić information content (AvgIpc) is 2.74. The molecule has 1 heterocycles. The number of rotatable bonds is 9. The molecular weight excluding hydrogens is 380 g/mol. The summed E-state index contributed by atoms with van der Waals surface area (Å²) in [6.07, 6.45) is 2.57. The molecule has 158 valence electrons. The third kappa shape index (κ3) is 5.41. The van der Waals surface area contributed by atoms with Gasteiger partial charge in [-0.2, -0.15) is 0 Å². The SMILES string of the molecule is CCCCOc1ccccc1[C@H]1NC(=O)NC(C)=C1C(=O)OCCc1ccccc1. The van der Waals surface area contributed by atoms with Crippen LogP contribution >= 0.6 is 0 Å². The predicted octanol–water partition coefficient (Wildman–Crippen LogP) is 4.28. The van der Waals surface area contributed by atoms with E-state index >= 15 is 0 Å². The summed E-state index contributed by atoms with van der Waals surface area (Å²) in [7, 11) is 0. The van der Waals surface area contributed by atoms with E-state index in [1.54, 1.807) is 6.92 Å². The van der Waals surface area contributed by atoms with E-state index in [1.165, 1.54) is 0 Å². The van der Waals surface area contributed by atoms with Crippen molar-refractivity contribution in [1.29, 1.82) is 0 Å².